The average Bonchev–Trinajstić information content (AvgIpc) is 3.00. The summed E-state index contributed by atoms with van der Waals surface area (Å²) in [5.74, 6) is -0.517. The van der Waals surface area contributed by atoms with E-state index < -0.39 is 0 Å². The first-order valence-electron chi connectivity index (χ1n) is 10.9. The molecule has 2 heterocycles. The summed E-state index contributed by atoms with van der Waals surface area (Å²) < 4.78 is 0. The third-order valence-corrected chi connectivity index (χ3v) is 6.28. The smallest absolute Gasteiger partial charge is 0.278 e. The summed E-state index contributed by atoms with van der Waals surface area (Å²) in [5, 5.41) is 3.25. The summed E-state index contributed by atoms with van der Waals surface area (Å²) in [4.78, 5) is 32.0. The van der Waals surface area contributed by atoms with Crippen LogP contribution in [0, 0.1) is 13.8 Å². The molecule has 0 bridgehead atoms. The van der Waals surface area contributed by atoms with Gasteiger partial charge in [0.15, 0.2) is 0 Å². The number of rotatable bonds is 5. The van der Waals surface area contributed by atoms with Crippen LogP contribution in [0.1, 0.15) is 23.6 Å². The molecule has 0 atom stereocenters. The zero-order chi connectivity index (χ0) is 22.1. The largest absolute Gasteiger partial charge is 0.369 e. The molecular weight excluding hydrogens is 388 g/mol. The van der Waals surface area contributed by atoms with Crippen molar-refractivity contribution in [3.63, 3.8) is 0 Å². The number of amides is 2. The first kappa shape index (κ1) is 21.1. The number of imide groups is 1. The number of piperazine rings is 1. The lowest BCUT2D eigenvalue weighted by Crippen LogP contribution is -2.44. The van der Waals surface area contributed by atoms with Crippen molar-refractivity contribution in [1.29, 1.82) is 0 Å². The van der Waals surface area contributed by atoms with Crippen molar-refractivity contribution in [1.82, 2.24) is 9.80 Å². The topological polar surface area (TPSA) is 55.9 Å². The zero-order valence-corrected chi connectivity index (χ0v) is 18.7. The van der Waals surface area contributed by atoms with Crippen LogP contribution in [0.25, 0.3) is 5.57 Å². The first-order valence-corrected chi connectivity index (χ1v) is 10.9. The Morgan fingerprint density at radius 1 is 0.871 bits per heavy atom. The maximum atomic E-state index is 13.0. The van der Waals surface area contributed by atoms with Gasteiger partial charge in [-0.1, -0.05) is 18.2 Å². The molecule has 4 rings (SSSR count). The number of hydrogen-bond donors (Lipinski definition) is 1. The van der Waals surface area contributed by atoms with E-state index in [1.807, 2.05) is 51.1 Å². The van der Waals surface area contributed by atoms with E-state index in [0.717, 1.165) is 48.6 Å². The van der Waals surface area contributed by atoms with Crippen molar-refractivity contribution in [3.05, 3.63) is 64.9 Å². The normalized spacial score (nSPS) is 17.7. The Bertz CT molecular complexity index is 1030. The predicted octanol–water partition coefficient (Wildman–Crippen LogP) is 3.27. The second-order valence-corrected chi connectivity index (χ2v) is 8.37. The Kier molecular flexibility index (Phi) is 5.83. The molecule has 0 unspecified atom stereocenters. The Morgan fingerprint density at radius 2 is 1.55 bits per heavy atom. The van der Waals surface area contributed by atoms with Gasteiger partial charge in [0.05, 0.1) is 5.57 Å². The molecule has 6 nitrogen and oxygen atoms in total. The van der Waals surface area contributed by atoms with E-state index in [1.165, 1.54) is 10.6 Å². The zero-order valence-electron chi connectivity index (χ0n) is 18.7. The summed E-state index contributed by atoms with van der Waals surface area (Å²) in [6, 6.07) is 14.0. The standard InChI is InChI=1S/C25H30N4O2/c1-5-29-24(30)22(19-7-6-17(2)18(3)16-19)23(25(29)31)26-20-8-10-21(11-9-20)28-14-12-27(4)13-15-28/h6-11,16,26H,5,12-15H2,1-4H3. The van der Waals surface area contributed by atoms with Crippen molar-refractivity contribution in [2.24, 2.45) is 0 Å². The van der Waals surface area contributed by atoms with Crippen LogP contribution >= 0.6 is 0 Å². The third kappa shape index (κ3) is 4.08. The number of nitrogens with zero attached hydrogens (tertiary/aromatic N) is 3. The van der Waals surface area contributed by atoms with Gasteiger partial charge in [-0.3, -0.25) is 14.5 Å². The SMILES string of the molecule is CCN1C(=O)C(Nc2ccc(N3CCN(C)CC3)cc2)=C(c2ccc(C)c(C)c2)C1=O. The van der Waals surface area contributed by atoms with Gasteiger partial charge in [-0.05, 0) is 68.8 Å². The molecule has 1 fully saturated rings. The van der Waals surface area contributed by atoms with Crippen LogP contribution in [0.15, 0.2) is 48.2 Å². The molecule has 0 spiro atoms. The summed E-state index contributed by atoms with van der Waals surface area (Å²) in [7, 11) is 2.14. The average molecular weight is 419 g/mol. The molecular formula is C25H30N4O2. The van der Waals surface area contributed by atoms with Gasteiger partial charge in [0.25, 0.3) is 11.8 Å². The number of anilines is 2. The van der Waals surface area contributed by atoms with Gasteiger partial charge in [-0.15, -0.1) is 0 Å². The van der Waals surface area contributed by atoms with E-state index in [9.17, 15) is 9.59 Å². The van der Waals surface area contributed by atoms with E-state index in [2.05, 4.69) is 34.3 Å². The lowest BCUT2D eigenvalue weighted by molar-refractivity contribution is -0.136. The molecule has 2 aliphatic heterocycles. The second-order valence-electron chi connectivity index (χ2n) is 8.37. The highest BCUT2D eigenvalue weighted by atomic mass is 16.2. The van der Waals surface area contributed by atoms with Crippen molar-refractivity contribution >= 4 is 28.8 Å². The fourth-order valence-corrected chi connectivity index (χ4v) is 4.11. The molecule has 2 aromatic rings. The number of carbonyl (C=O) groups excluding carboxylic acids is 2. The summed E-state index contributed by atoms with van der Waals surface area (Å²) >= 11 is 0. The minimum absolute atomic E-state index is 0.243. The Hall–Kier alpha value is -3.12. The Morgan fingerprint density at radius 3 is 2.16 bits per heavy atom. The van der Waals surface area contributed by atoms with Gasteiger partial charge in [0.2, 0.25) is 0 Å². The number of hydrogen-bond acceptors (Lipinski definition) is 5. The van der Waals surface area contributed by atoms with E-state index in [1.54, 1.807) is 0 Å². The van der Waals surface area contributed by atoms with E-state index in [4.69, 9.17) is 0 Å². The summed E-state index contributed by atoms with van der Waals surface area (Å²) in [6.07, 6.45) is 0. The van der Waals surface area contributed by atoms with E-state index in [-0.39, 0.29) is 11.8 Å². The second kappa shape index (κ2) is 8.55. The van der Waals surface area contributed by atoms with Crippen LogP contribution in [0.5, 0.6) is 0 Å². The molecule has 2 aromatic carbocycles. The lowest BCUT2D eigenvalue weighted by Gasteiger charge is -2.34. The van der Waals surface area contributed by atoms with Crippen LogP contribution in [0.4, 0.5) is 11.4 Å². The molecule has 0 radical (unpaired) electrons. The van der Waals surface area contributed by atoms with Gasteiger partial charge < -0.3 is 15.1 Å². The number of benzene rings is 2. The number of carbonyl (C=O) groups is 2. The highest BCUT2D eigenvalue weighted by molar-refractivity contribution is 6.36. The van der Waals surface area contributed by atoms with Gasteiger partial charge in [0.1, 0.15) is 5.70 Å². The fraction of sp³-hybridized carbons (Fsp3) is 0.360. The highest BCUT2D eigenvalue weighted by Gasteiger charge is 2.38. The third-order valence-electron chi connectivity index (χ3n) is 6.28. The molecule has 0 aliphatic carbocycles. The molecule has 2 amide bonds. The maximum Gasteiger partial charge on any atom is 0.278 e. The Labute approximate surface area is 184 Å². The van der Waals surface area contributed by atoms with Gasteiger partial charge in [-0.2, -0.15) is 0 Å². The fourth-order valence-electron chi connectivity index (χ4n) is 4.11. The van der Waals surface area contributed by atoms with Crippen LogP contribution in [0.3, 0.4) is 0 Å². The molecule has 162 valence electrons. The maximum absolute atomic E-state index is 13.0. The van der Waals surface area contributed by atoms with Crippen LogP contribution in [-0.2, 0) is 9.59 Å². The minimum Gasteiger partial charge on any atom is -0.369 e. The predicted molar refractivity (Wildman–Crippen MR) is 125 cm³/mol. The summed E-state index contributed by atoms with van der Waals surface area (Å²) in [6.45, 7) is 10.3. The monoisotopic (exact) mass is 418 g/mol. The number of nitrogens with one attached hydrogen (secondary N) is 1. The molecule has 2 aliphatic rings. The molecule has 6 heteroatoms. The van der Waals surface area contributed by atoms with Gasteiger partial charge >= 0.3 is 0 Å². The van der Waals surface area contributed by atoms with Gasteiger partial charge in [0, 0.05) is 44.1 Å². The quantitative estimate of drug-likeness (QED) is 0.756. The lowest BCUT2D eigenvalue weighted by atomic mass is 9.99. The molecule has 0 saturated carbocycles. The number of likely N-dealkylation sites (N-methyl/N-ethyl adjacent to an activating group) is 2. The molecule has 1 N–H and O–H groups in total. The summed E-state index contributed by atoms with van der Waals surface area (Å²) in [5.41, 5.74) is 5.78. The van der Waals surface area contributed by atoms with Crippen molar-refractivity contribution < 1.29 is 9.59 Å². The van der Waals surface area contributed by atoms with E-state index >= 15 is 0 Å². The number of aryl methyl sites for hydroxylation is 2. The molecule has 1 saturated heterocycles. The van der Waals surface area contributed by atoms with Crippen LogP contribution in [-0.4, -0.2) is 61.4 Å². The van der Waals surface area contributed by atoms with Crippen molar-refractivity contribution in [2.75, 3.05) is 50.0 Å². The van der Waals surface area contributed by atoms with E-state index in [0.29, 0.717) is 17.8 Å². The first-order chi connectivity index (χ1) is 14.9. The van der Waals surface area contributed by atoms with Crippen molar-refractivity contribution in [2.45, 2.75) is 20.8 Å². The van der Waals surface area contributed by atoms with Crippen LogP contribution < -0.4 is 10.2 Å². The Balaban J connectivity index is 1.63. The minimum atomic E-state index is -0.274. The van der Waals surface area contributed by atoms with Gasteiger partial charge in [-0.25, -0.2) is 0 Å². The molecule has 0 aromatic heterocycles. The van der Waals surface area contributed by atoms with Crippen molar-refractivity contribution in [3.8, 4) is 0 Å². The van der Waals surface area contributed by atoms with Crippen LogP contribution in [0.2, 0.25) is 0 Å². The molecule has 31 heavy (non-hydrogen) atoms. The highest BCUT2D eigenvalue weighted by Crippen LogP contribution is 2.31.